The number of carbonyl (C=O) groups excluding carboxylic acids is 1. The summed E-state index contributed by atoms with van der Waals surface area (Å²) in [5, 5.41) is 0. The molecule has 1 unspecified atom stereocenters. The van der Waals surface area contributed by atoms with E-state index >= 15 is 0 Å². The zero-order valence-electron chi connectivity index (χ0n) is 18.4. The summed E-state index contributed by atoms with van der Waals surface area (Å²) < 4.78 is 11.1. The number of Topliss-reactive ketones (excluding diaryl/α,β-unsaturated/α-hetero) is 1. The number of ketones is 1. The molecule has 2 aromatic carbocycles. The number of ether oxygens (including phenoxy) is 2. The minimum Gasteiger partial charge on any atom is -0.493 e. The minimum atomic E-state index is 0.107. The highest BCUT2D eigenvalue weighted by molar-refractivity contribution is 6.02. The van der Waals surface area contributed by atoms with Gasteiger partial charge in [0.25, 0.3) is 0 Å². The van der Waals surface area contributed by atoms with Crippen LogP contribution in [0.25, 0.3) is 0 Å². The number of hydrogen-bond acceptors (Lipinski definition) is 4. The number of methoxy groups -OCH3 is 1. The lowest BCUT2D eigenvalue weighted by Crippen LogP contribution is -2.34. The molecular formula is C26H33NO3. The van der Waals surface area contributed by atoms with Gasteiger partial charge in [0.2, 0.25) is 0 Å². The van der Waals surface area contributed by atoms with Crippen LogP contribution in [0.3, 0.4) is 0 Å². The van der Waals surface area contributed by atoms with E-state index in [1.807, 2.05) is 19.1 Å². The molecule has 4 nitrogen and oxygen atoms in total. The van der Waals surface area contributed by atoms with E-state index in [1.54, 1.807) is 7.11 Å². The smallest absolute Gasteiger partial charge is 0.166 e. The molecule has 1 saturated heterocycles. The Morgan fingerprint density at radius 3 is 2.47 bits per heavy atom. The lowest BCUT2D eigenvalue weighted by molar-refractivity contribution is 0.0895. The fraction of sp³-hybridized carbons (Fsp3) is 0.500. The van der Waals surface area contributed by atoms with Gasteiger partial charge in [0.15, 0.2) is 17.3 Å². The molecule has 1 aliphatic carbocycles. The van der Waals surface area contributed by atoms with Gasteiger partial charge < -0.3 is 9.47 Å². The Hall–Kier alpha value is -2.33. The van der Waals surface area contributed by atoms with Crippen molar-refractivity contribution in [3.63, 3.8) is 0 Å². The summed E-state index contributed by atoms with van der Waals surface area (Å²) in [5.41, 5.74) is 4.65. The zero-order chi connectivity index (χ0) is 21.1. The predicted octanol–water partition coefficient (Wildman–Crippen LogP) is 5.06. The van der Waals surface area contributed by atoms with Crippen LogP contribution in [0.4, 0.5) is 0 Å². The van der Waals surface area contributed by atoms with Crippen LogP contribution in [-0.4, -0.2) is 37.5 Å². The number of rotatable bonds is 7. The van der Waals surface area contributed by atoms with Crippen molar-refractivity contribution in [2.45, 2.75) is 46.1 Å². The minimum absolute atomic E-state index is 0.107. The van der Waals surface area contributed by atoms with Crippen molar-refractivity contribution in [1.82, 2.24) is 4.90 Å². The van der Waals surface area contributed by atoms with Crippen molar-refractivity contribution in [2.75, 3.05) is 26.8 Å². The Morgan fingerprint density at radius 2 is 1.80 bits per heavy atom. The second-order valence-electron chi connectivity index (χ2n) is 8.80. The largest absolute Gasteiger partial charge is 0.493 e. The van der Waals surface area contributed by atoms with Crippen LogP contribution in [0, 0.1) is 18.8 Å². The van der Waals surface area contributed by atoms with E-state index in [-0.39, 0.29) is 11.7 Å². The zero-order valence-corrected chi connectivity index (χ0v) is 18.4. The molecule has 1 atom stereocenters. The second kappa shape index (κ2) is 9.22. The van der Waals surface area contributed by atoms with Crippen molar-refractivity contribution in [3.05, 3.63) is 58.7 Å². The molecule has 0 aromatic heterocycles. The van der Waals surface area contributed by atoms with Crippen LogP contribution >= 0.6 is 0 Å². The van der Waals surface area contributed by atoms with E-state index < -0.39 is 0 Å². The number of piperidine rings is 1. The third-order valence-electron chi connectivity index (χ3n) is 6.64. The first-order valence-electron chi connectivity index (χ1n) is 11.2. The van der Waals surface area contributed by atoms with Crippen molar-refractivity contribution in [1.29, 1.82) is 0 Å². The molecule has 1 heterocycles. The maximum Gasteiger partial charge on any atom is 0.166 e. The fourth-order valence-corrected chi connectivity index (χ4v) is 4.93. The Bertz CT molecular complexity index is 882. The van der Waals surface area contributed by atoms with Gasteiger partial charge in [0, 0.05) is 18.0 Å². The molecule has 4 heteroatoms. The normalized spacial score (nSPS) is 19.7. The fourth-order valence-electron chi connectivity index (χ4n) is 4.93. The van der Waals surface area contributed by atoms with Crippen LogP contribution in [0.1, 0.15) is 53.2 Å². The number of fused-ring (bicyclic) bond motifs is 1. The van der Waals surface area contributed by atoms with Crippen molar-refractivity contribution < 1.29 is 14.3 Å². The van der Waals surface area contributed by atoms with E-state index in [0.717, 1.165) is 49.4 Å². The summed E-state index contributed by atoms with van der Waals surface area (Å²) >= 11 is 0. The van der Waals surface area contributed by atoms with Crippen molar-refractivity contribution in [3.8, 4) is 11.5 Å². The number of hydrogen-bond donors (Lipinski definition) is 0. The van der Waals surface area contributed by atoms with Gasteiger partial charge in [-0.15, -0.1) is 0 Å². The number of benzene rings is 2. The van der Waals surface area contributed by atoms with E-state index in [9.17, 15) is 4.79 Å². The molecular weight excluding hydrogens is 374 g/mol. The number of carbonyl (C=O) groups is 1. The molecule has 1 fully saturated rings. The summed E-state index contributed by atoms with van der Waals surface area (Å²) in [4.78, 5) is 15.6. The molecule has 160 valence electrons. The van der Waals surface area contributed by atoms with Gasteiger partial charge in [-0.1, -0.05) is 29.8 Å². The summed E-state index contributed by atoms with van der Waals surface area (Å²) in [7, 11) is 1.63. The highest BCUT2D eigenvalue weighted by Crippen LogP contribution is 2.39. The quantitative estimate of drug-likeness (QED) is 0.643. The SMILES string of the molecule is CCOc1cc2c(cc1OC)C(=O)C(CC1CCN(Cc3ccc(C)cc3)CC1)C2. The molecule has 0 amide bonds. The Morgan fingerprint density at radius 1 is 1.07 bits per heavy atom. The predicted molar refractivity (Wildman–Crippen MR) is 119 cm³/mol. The second-order valence-corrected chi connectivity index (χ2v) is 8.80. The average molecular weight is 408 g/mol. The first kappa shape index (κ1) is 20.9. The first-order chi connectivity index (χ1) is 14.6. The summed E-state index contributed by atoms with van der Waals surface area (Å²) in [6.45, 7) is 7.95. The van der Waals surface area contributed by atoms with Crippen molar-refractivity contribution in [2.24, 2.45) is 11.8 Å². The van der Waals surface area contributed by atoms with E-state index in [0.29, 0.717) is 18.3 Å². The maximum atomic E-state index is 13.0. The van der Waals surface area contributed by atoms with Gasteiger partial charge >= 0.3 is 0 Å². The maximum absolute atomic E-state index is 13.0. The molecule has 0 radical (unpaired) electrons. The third-order valence-corrected chi connectivity index (χ3v) is 6.64. The molecule has 0 N–H and O–H groups in total. The number of nitrogens with zero attached hydrogens (tertiary/aromatic N) is 1. The van der Waals surface area contributed by atoms with Crippen LogP contribution in [0.15, 0.2) is 36.4 Å². The summed E-state index contributed by atoms with van der Waals surface area (Å²) in [5.74, 6) is 2.44. The third kappa shape index (κ3) is 4.54. The molecule has 2 aliphatic rings. The average Bonchev–Trinajstić information content (AvgIpc) is 3.05. The van der Waals surface area contributed by atoms with Crippen LogP contribution in [0.5, 0.6) is 11.5 Å². The molecule has 0 spiro atoms. The Labute approximate surface area is 180 Å². The van der Waals surface area contributed by atoms with Gasteiger partial charge in [0.1, 0.15) is 0 Å². The van der Waals surface area contributed by atoms with Gasteiger partial charge in [-0.25, -0.2) is 0 Å². The molecule has 1 aliphatic heterocycles. The standard InChI is InChI=1S/C26H33NO3/c1-4-30-25-15-21-14-22(26(28)23(21)16-24(25)29-3)13-19-9-11-27(12-10-19)17-20-7-5-18(2)6-8-20/h5-8,15-16,19,22H,4,9-14,17H2,1-3H3. The van der Waals surface area contributed by atoms with Gasteiger partial charge in [-0.2, -0.15) is 0 Å². The van der Waals surface area contributed by atoms with Gasteiger partial charge in [-0.3, -0.25) is 9.69 Å². The molecule has 30 heavy (non-hydrogen) atoms. The monoisotopic (exact) mass is 407 g/mol. The van der Waals surface area contributed by atoms with Crippen LogP contribution in [-0.2, 0) is 13.0 Å². The first-order valence-corrected chi connectivity index (χ1v) is 11.2. The lowest BCUT2D eigenvalue weighted by Gasteiger charge is -2.33. The summed E-state index contributed by atoms with van der Waals surface area (Å²) in [6.07, 6.45) is 4.19. The number of aryl methyl sites for hydroxylation is 1. The topological polar surface area (TPSA) is 38.8 Å². The van der Waals surface area contributed by atoms with Gasteiger partial charge in [-0.05, 0) is 81.8 Å². The number of likely N-dealkylation sites (tertiary alicyclic amines) is 1. The molecule has 2 aromatic rings. The van der Waals surface area contributed by atoms with E-state index in [2.05, 4.69) is 36.1 Å². The summed E-state index contributed by atoms with van der Waals surface area (Å²) in [6, 6.07) is 12.8. The van der Waals surface area contributed by atoms with E-state index in [4.69, 9.17) is 9.47 Å². The lowest BCUT2D eigenvalue weighted by atomic mass is 9.85. The highest BCUT2D eigenvalue weighted by atomic mass is 16.5. The van der Waals surface area contributed by atoms with E-state index in [1.165, 1.54) is 24.0 Å². The van der Waals surface area contributed by atoms with Crippen molar-refractivity contribution >= 4 is 5.78 Å². The molecule has 0 bridgehead atoms. The van der Waals surface area contributed by atoms with Gasteiger partial charge in [0.05, 0.1) is 13.7 Å². The molecule has 0 saturated carbocycles. The molecule has 4 rings (SSSR count). The Balaban J connectivity index is 1.33. The van der Waals surface area contributed by atoms with Crippen LogP contribution in [0.2, 0.25) is 0 Å². The van der Waals surface area contributed by atoms with Crippen LogP contribution < -0.4 is 9.47 Å². The highest BCUT2D eigenvalue weighted by Gasteiger charge is 2.34. The Kier molecular flexibility index (Phi) is 6.43.